The summed E-state index contributed by atoms with van der Waals surface area (Å²) in [6.07, 6.45) is 0. The Bertz CT molecular complexity index is 371. The Morgan fingerprint density at radius 3 is 2.94 bits per heavy atom. The number of halogens is 1. The molecule has 0 spiro atoms. The van der Waals surface area contributed by atoms with Gasteiger partial charge in [0.2, 0.25) is 0 Å². The van der Waals surface area contributed by atoms with Gasteiger partial charge in [0.15, 0.2) is 0 Å². The highest BCUT2D eigenvalue weighted by Gasteiger charge is 2.13. The lowest BCUT2D eigenvalue weighted by molar-refractivity contribution is -0.384. The summed E-state index contributed by atoms with van der Waals surface area (Å²) in [5, 5.41) is 13.4. The summed E-state index contributed by atoms with van der Waals surface area (Å²) in [5.41, 5.74) is 0.0302. The van der Waals surface area contributed by atoms with E-state index in [-0.39, 0.29) is 11.4 Å². The van der Waals surface area contributed by atoms with Gasteiger partial charge in [-0.3, -0.25) is 10.1 Å². The third-order valence-corrected chi connectivity index (χ3v) is 1.92. The minimum Gasteiger partial charge on any atom is -0.380 e. The van der Waals surface area contributed by atoms with Crippen molar-refractivity contribution in [1.29, 1.82) is 0 Å². The molecule has 88 valence electrons. The van der Waals surface area contributed by atoms with Crippen molar-refractivity contribution in [2.45, 2.75) is 6.92 Å². The molecule has 1 rings (SSSR count). The van der Waals surface area contributed by atoms with E-state index in [0.29, 0.717) is 19.8 Å². The molecule has 0 unspecified atom stereocenters. The zero-order chi connectivity index (χ0) is 12.0. The van der Waals surface area contributed by atoms with Gasteiger partial charge in [0, 0.05) is 25.3 Å². The Hall–Kier alpha value is -1.69. The molecule has 0 saturated carbocycles. The number of nitro groups is 1. The van der Waals surface area contributed by atoms with Crippen molar-refractivity contribution in [3.63, 3.8) is 0 Å². The first-order valence-electron chi connectivity index (χ1n) is 4.90. The van der Waals surface area contributed by atoms with Crippen LogP contribution in [0.2, 0.25) is 0 Å². The van der Waals surface area contributed by atoms with Crippen LogP contribution >= 0.6 is 0 Å². The number of nitrogens with zero attached hydrogens (tertiary/aromatic N) is 1. The third-order valence-electron chi connectivity index (χ3n) is 1.92. The third kappa shape index (κ3) is 3.47. The van der Waals surface area contributed by atoms with E-state index >= 15 is 0 Å². The van der Waals surface area contributed by atoms with Crippen molar-refractivity contribution in [2.75, 3.05) is 25.1 Å². The van der Waals surface area contributed by atoms with E-state index in [1.807, 2.05) is 6.92 Å². The van der Waals surface area contributed by atoms with Crippen LogP contribution in [0.4, 0.5) is 15.8 Å². The highest BCUT2D eigenvalue weighted by Crippen LogP contribution is 2.24. The maximum absolute atomic E-state index is 12.9. The van der Waals surface area contributed by atoms with Gasteiger partial charge in [-0.05, 0) is 13.0 Å². The van der Waals surface area contributed by atoms with Crippen molar-refractivity contribution in [2.24, 2.45) is 0 Å². The summed E-state index contributed by atoms with van der Waals surface area (Å²) in [6.45, 7) is 3.25. The Labute approximate surface area is 92.4 Å². The minimum absolute atomic E-state index is 0.141. The van der Waals surface area contributed by atoms with Crippen LogP contribution in [0, 0.1) is 15.9 Å². The highest BCUT2D eigenvalue weighted by molar-refractivity contribution is 5.61. The van der Waals surface area contributed by atoms with Crippen LogP contribution in [0.25, 0.3) is 0 Å². The van der Waals surface area contributed by atoms with Crippen molar-refractivity contribution in [1.82, 2.24) is 0 Å². The summed E-state index contributed by atoms with van der Waals surface area (Å²) < 4.78 is 18.0. The molecule has 16 heavy (non-hydrogen) atoms. The molecule has 0 aliphatic rings. The van der Waals surface area contributed by atoms with Crippen molar-refractivity contribution >= 4 is 11.4 Å². The van der Waals surface area contributed by atoms with Crippen LogP contribution in [-0.4, -0.2) is 24.7 Å². The van der Waals surface area contributed by atoms with Gasteiger partial charge < -0.3 is 10.1 Å². The maximum atomic E-state index is 12.9. The first-order chi connectivity index (χ1) is 7.65. The highest BCUT2D eigenvalue weighted by atomic mass is 19.1. The fourth-order valence-corrected chi connectivity index (χ4v) is 1.21. The number of nitrogens with one attached hydrogen (secondary N) is 1. The van der Waals surface area contributed by atoms with E-state index in [1.54, 1.807) is 0 Å². The van der Waals surface area contributed by atoms with Gasteiger partial charge in [-0.2, -0.15) is 0 Å². The van der Waals surface area contributed by atoms with Crippen LogP contribution in [0.15, 0.2) is 18.2 Å². The smallest absolute Gasteiger partial charge is 0.292 e. The molecule has 0 aliphatic carbocycles. The van der Waals surface area contributed by atoms with E-state index < -0.39 is 10.7 Å². The lowest BCUT2D eigenvalue weighted by atomic mass is 10.2. The standard InChI is InChI=1S/C10H13FN2O3/c1-2-16-6-5-12-9-7-8(11)3-4-10(9)13(14)15/h3-4,7,12H,2,5-6H2,1H3. The Morgan fingerprint density at radius 1 is 1.56 bits per heavy atom. The quantitative estimate of drug-likeness (QED) is 0.460. The van der Waals surface area contributed by atoms with Crippen LogP contribution in [0.1, 0.15) is 6.92 Å². The van der Waals surface area contributed by atoms with Gasteiger partial charge in [-0.15, -0.1) is 0 Å². The lowest BCUT2D eigenvalue weighted by Crippen LogP contribution is -2.10. The van der Waals surface area contributed by atoms with Gasteiger partial charge in [0.25, 0.3) is 5.69 Å². The molecule has 0 bridgehead atoms. The average Bonchev–Trinajstić information content (AvgIpc) is 2.24. The molecule has 1 aromatic carbocycles. The average molecular weight is 228 g/mol. The Kier molecular flexibility index (Phi) is 4.65. The van der Waals surface area contributed by atoms with Gasteiger partial charge in [-0.25, -0.2) is 4.39 Å². The first kappa shape index (κ1) is 12.4. The number of ether oxygens (including phenoxy) is 1. The second kappa shape index (κ2) is 6.02. The molecule has 0 saturated heterocycles. The molecule has 5 nitrogen and oxygen atoms in total. The summed E-state index contributed by atoms with van der Waals surface area (Å²) in [5.74, 6) is -0.510. The number of benzene rings is 1. The molecule has 0 amide bonds. The van der Waals surface area contributed by atoms with Crippen molar-refractivity contribution < 1.29 is 14.1 Å². The zero-order valence-electron chi connectivity index (χ0n) is 8.90. The molecule has 6 heteroatoms. The predicted octanol–water partition coefficient (Wildman–Crippen LogP) is 2.18. The zero-order valence-corrected chi connectivity index (χ0v) is 8.90. The second-order valence-electron chi connectivity index (χ2n) is 3.04. The van der Waals surface area contributed by atoms with Crippen molar-refractivity contribution in [3.05, 3.63) is 34.1 Å². The molecule has 0 atom stereocenters. The largest absolute Gasteiger partial charge is 0.380 e. The SMILES string of the molecule is CCOCCNc1cc(F)ccc1[N+](=O)[O-]. The predicted molar refractivity (Wildman–Crippen MR) is 58.0 cm³/mol. The van der Waals surface area contributed by atoms with E-state index in [2.05, 4.69) is 5.32 Å². The number of anilines is 1. The summed E-state index contributed by atoms with van der Waals surface area (Å²) in [7, 11) is 0. The molecule has 1 aromatic rings. The Balaban J connectivity index is 2.68. The molecule has 0 radical (unpaired) electrons. The Morgan fingerprint density at radius 2 is 2.31 bits per heavy atom. The number of nitro benzene ring substituents is 1. The summed E-state index contributed by atoms with van der Waals surface area (Å²) in [6, 6.07) is 3.30. The van der Waals surface area contributed by atoms with Gasteiger partial charge in [-0.1, -0.05) is 0 Å². The molecule has 0 heterocycles. The molecule has 0 fully saturated rings. The molecule has 0 aliphatic heterocycles. The summed E-state index contributed by atoms with van der Waals surface area (Å²) >= 11 is 0. The lowest BCUT2D eigenvalue weighted by Gasteiger charge is -2.06. The van der Waals surface area contributed by atoms with Crippen LogP contribution in [0.5, 0.6) is 0 Å². The normalized spacial score (nSPS) is 10.1. The van der Waals surface area contributed by atoms with E-state index in [9.17, 15) is 14.5 Å². The number of hydrogen-bond acceptors (Lipinski definition) is 4. The van der Waals surface area contributed by atoms with E-state index in [1.165, 1.54) is 0 Å². The summed E-state index contributed by atoms with van der Waals surface area (Å²) in [4.78, 5) is 10.1. The topological polar surface area (TPSA) is 64.4 Å². The van der Waals surface area contributed by atoms with Gasteiger partial charge in [0.1, 0.15) is 11.5 Å². The second-order valence-corrected chi connectivity index (χ2v) is 3.04. The van der Waals surface area contributed by atoms with E-state index in [0.717, 1.165) is 18.2 Å². The molecule has 1 N–H and O–H groups in total. The minimum atomic E-state index is -0.553. The fraction of sp³-hybridized carbons (Fsp3) is 0.400. The monoisotopic (exact) mass is 228 g/mol. The molecular formula is C10H13FN2O3. The van der Waals surface area contributed by atoms with Crippen molar-refractivity contribution in [3.8, 4) is 0 Å². The van der Waals surface area contributed by atoms with E-state index in [4.69, 9.17) is 4.74 Å². The van der Waals surface area contributed by atoms with Crippen LogP contribution in [-0.2, 0) is 4.74 Å². The molecular weight excluding hydrogens is 215 g/mol. The first-order valence-corrected chi connectivity index (χ1v) is 4.90. The van der Waals surface area contributed by atoms with Crippen LogP contribution < -0.4 is 5.32 Å². The van der Waals surface area contributed by atoms with Gasteiger partial charge >= 0.3 is 0 Å². The van der Waals surface area contributed by atoms with Gasteiger partial charge in [0.05, 0.1) is 11.5 Å². The number of hydrogen-bond donors (Lipinski definition) is 1. The van der Waals surface area contributed by atoms with Crippen LogP contribution in [0.3, 0.4) is 0 Å². The maximum Gasteiger partial charge on any atom is 0.292 e. The number of rotatable bonds is 6. The fourth-order valence-electron chi connectivity index (χ4n) is 1.21. The molecule has 0 aromatic heterocycles.